The lowest BCUT2D eigenvalue weighted by Crippen LogP contribution is -2.09. The average Bonchev–Trinajstić information content (AvgIpc) is 3.23. The second kappa shape index (κ2) is 8.16. The Hall–Kier alpha value is -2.64. The van der Waals surface area contributed by atoms with Crippen molar-refractivity contribution in [2.24, 2.45) is 0 Å². The first-order chi connectivity index (χ1) is 12.6. The second-order valence-electron chi connectivity index (χ2n) is 5.71. The van der Waals surface area contributed by atoms with Crippen LogP contribution in [0.25, 0.3) is 11.4 Å². The molecule has 0 unspecified atom stereocenters. The summed E-state index contributed by atoms with van der Waals surface area (Å²) in [6, 6.07) is 11.2. The molecule has 0 spiro atoms. The first-order valence-electron chi connectivity index (χ1n) is 8.15. The smallest absolute Gasteiger partial charge is 0.337 e. The number of aromatic carboxylic acids is 1. The third kappa shape index (κ3) is 3.95. The highest BCUT2D eigenvalue weighted by molar-refractivity contribution is 7.09. The summed E-state index contributed by atoms with van der Waals surface area (Å²) in [6.45, 7) is 3.24. The lowest BCUT2D eigenvalue weighted by molar-refractivity contribution is 0.0696. The van der Waals surface area contributed by atoms with Gasteiger partial charge in [-0.2, -0.15) is 0 Å². The summed E-state index contributed by atoms with van der Waals surface area (Å²) < 4.78 is 12.8. The van der Waals surface area contributed by atoms with Crippen LogP contribution in [0.1, 0.15) is 21.1 Å². The SMILES string of the molecule is COCCn1c(-c2csc(COc3ccccc3)n2)cc(C(=O)O)c1C. The van der Waals surface area contributed by atoms with Crippen molar-refractivity contribution in [2.75, 3.05) is 13.7 Å². The first-order valence-corrected chi connectivity index (χ1v) is 9.03. The van der Waals surface area contributed by atoms with Gasteiger partial charge in [-0.25, -0.2) is 9.78 Å². The number of thiazole rings is 1. The molecule has 0 radical (unpaired) electrons. The number of hydrogen-bond acceptors (Lipinski definition) is 5. The van der Waals surface area contributed by atoms with Crippen LogP contribution in [-0.2, 0) is 17.9 Å². The summed E-state index contributed by atoms with van der Waals surface area (Å²) in [5.41, 5.74) is 2.50. The molecule has 0 amide bonds. The van der Waals surface area contributed by atoms with E-state index in [1.54, 1.807) is 20.1 Å². The van der Waals surface area contributed by atoms with E-state index in [1.807, 2.05) is 40.3 Å². The van der Waals surface area contributed by atoms with Crippen molar-refractivity contribution >= 4 is 17.3 Å². The molecule has 1 aromatic carbocycles. The summed E-state index contributed by atoms with van der Waals surface area (Å²) in [4.78, 5) is 16.1. The van der Waals surface area contributed by atoms with Crippen LogP contribution >= 0.6 is 11.3 Å². The molecular formula is C19H20N2O4S. The fourth-order valence-electron chi connectivity index (χ4n) is 2.70. The highest BCUT2D eigenvalue weighted by atomic mass is 32.1. The Balaban J connectivity index is 1.83. The molecule has 0 aliphatic carbocycles. The van der Waals surface area contributed by atoms with Gasteiger partial charge in [0.1, 0.15) is 17.4 Å². The Morgan fingerprint density at radius 2 is 2.08 bits per heavy atom. The molecule has 136 valence electrons. The van der Waals surface area contributed by atoms with E-state index in [0.717, 1.165) is 22.1 Å². The molecule has 7 heteroatoms. The molecule has 3 aromatic rings. The van der Waals surface area contributed by atoms with E-state index in [0.29, 0.717) is 25.5 Å². The van der Waals surface area contributed by atoms with E-state index >= 15 is 0 Å². The number of methoxy groups -OCH3 is 1. The second-order valence-corrected chi connectivity index (χ2v) is 6.65. The predicted octanol–water partition coefficient (Wildman–Crippen LogP) is 3.84. The molecule has 1 N–H and O–H groups in total. The Kier molecular flexibility index (Phi) is 5.70. The summed E-state index contributed by atoms with van der Waals surface area (Å²) in [6.07, 6.45) is 0. The average molecular weight is 372 g/mol. The van der Waals surface area contributed by atoms with E-state index in [-0.39, 0.29) is 5.56 Å². The van der Waals surface area contributed by atoms with Crippen molar-refractivity contribution in [3.05, 3.63) is 58.0 Å². The van der Waals surface area contributed by atoms with Gasteiger partial charge in [-0.15, -0.1) is 11.3 Å². The number of para-hydroxylation sites is 1. The quantitative estimate of drug-likeness (QED) is 0.650. The number of rotatable bonds is 8. The number of carbonyl (C=O) groups is 1. The van der Waals surface area contributed by atoms with Crippen LogP contribution in [-0.4, -0.2) is 34.3 Å². The fraction of sp³-hybridized carbons (Fsp3) is 0.263. The van der Waals surface area contributed by atoms with E-state index in [4.69, 9.17) is 9.47 Å². The molecule has 26 heavy (non-hydrogen) atoms. The largest absolute Gasteiger partial charge is 0.486 e. The van der Waals surface area contributed by atoms with Crippen molar-refractivity contribution in [3.63, 3.8) is 0 Å². The molecule has 2 aromatic heterocycles. The van der Waals surface area contributed by atoms with E-state index in [1.165, 1.54) is 11.3 Å². The Morgan fingerprint density at radius 1 is 1.31 bits per heavy atom. The minimum Gasteiger partial charge on any atom is -0.486 e. The lowest BCUT2D eigenvalue weighted by atomic mass is 10.2. The topological polar surface area (TPSA) is 73.6 Å². The van der Waals surface area contributed by atoms with E-state index in [2.05, 4.69) is 4.98 Å². The van der Waals surface area contributed by atoms with Crippen LogP contribution in [0.5, 0.6) is 5.75 Å². The van der Waals surface area contributed by atoms with Crippen LogP contribution in [0.4, 0.5) is 0 Å². The Labute approximate surface area is 155 Å². The van der Waals surface area contributed by atoms with Gasteiger partial charge in [-0.1, -0.05) is 18.2 Å². The number of nitrogens with zero attached hydrogens (tertiary/aromatic N) is 2. The van der Waals surface area contributed by atoms with Gasteiger partial charge in [0.15, 0.2) is 0 Å². The minimum absolute atomic E-state index is 0.284. The van der Waals surface area contributed by atoms with Crippen molar-refractivity contribution in [3.8, 4) is 17.1 Å². The van der Waals surface area contributed by atoms with Gasteiger partial charge >= 0.3 is 5.97 Å². The molecule has 3 rings (SSSR count). The molecule has 0 atom stereocenters. The summed E-state index contributed by atoms with van der Waals surface area (Å²) in [5, 5.41) is 12.2. The maximum Gasteiger partial charge on any atom is 0.337 e. The Bertz CT molecular complexity index is 886. The summed E-state index contributed by atoms with van der Waals surface area (Å²) in [7, 11) is 1.62. The number of carboxylic acids is 1. The van der Waals surface area contributed by atoms with Crippen LogP contribution in [0, 0.1) is 6.92 Å². The maximum atomic E-state index is 11.5. The zero-order valence-electron chi connectivity index (χ0n) is 14.6. The molecule has 2 heterocycles. The zero-order valence-corrected chi connectivity index (χ0v) is 15.5. The molecule has 0 saturated heterocycles. The maximum absolute atomic E-state index is 11.5. The van der Waals surface area contributed by atoms with Crippen molar-refractivity contribution in [2.45, 2.75) is 20.1 Å². The van der Waals surface area contributed by atoms with Gasteiger partial charge in [0.25, 0.3) is 0 Å². The van der Waals surface area contributed by atoms with Crippen molar-refractivity contribution in [1.29, 1.82) is 0 Å². The molecule has 0 saturated carbocycles. The third-order valence-electron chi connectivity index (χ3n) is 4.04. The number of carboxylic acid groups (broad SMARTS) is 1. The molecule has 0 fully saturated rings. The van der Waals surface area contributed by atoms with Crippen molar-refractivity contribution < 1.29 is 19.4 Å². The van der Waals surface area contributed by atoms with Gasteiger partial charge < -0.3 is 19.1 Å². The first kappa shape index (κ1) is 18.2. The van der Waals surface area contributed by atoms with E-state index in [9.17, 15) is 9.90 Å². The van der Waals surface area contributed by atoms with Gasteiger partial charge in [-0.3, -0.25) is 0 Å². The normalized spacial score (nSPS) is 10.8. The highest BCUT2D eigenvalue weighted by Crippen LogP contribution is 2.28. The monoisotopic (exact) mass is 372 g/mol. The van der Waals surface area contributed by atoms with Gasteiger partial charge in [0.05, 0.1) is 23.6 Å². The van der Waals surface area contributed by atoms with Crippen LogP contribution in [0.15, 0.2) is 41.8 Å². The molecule has 0 bridgehead atoms. The van der Waals surface area contributed by atoms with Crippen LogP contribution < -0.4 is 4.74 Å². The number of benzene rings is 1. The Morgan fingerprint density at radius 3 is 2.77 bits per heavy atom. The minimum atomic E-state index is -0.942. The van der Waals surface area contributed by atoms with E-state index < -0.39 is 5.97 Å². The number of ether oxygens (including phenoxy) is 2. The van der Waals surface area contributed by atoms with Gasteiger partial charge in [0, 0.05) is 24.7 Å². The molecule has 0 aliphatic heterocycles. The van der Waals surface area contributed by atoms with Crippen LogP contribution in [0.2, 0.25) is 0 Å². The standard InChI is InChI=1S/C19H20N2O4S/c1-13-15(19(22)23)10-17(21(13)8-9-24-2)16-12-26-18(20-16)11-25-14-6-4-3-5-7-14/h3-7,10,12H,8-9,11H2,1-2H3,(H,22,23). The number of hydrogen-bond donors (Lipinski definition) is 1. The number of aromatic nitrogens is 2. The predicted molar refractivity (Wildman–Crippen MR) is 99.9 cm³/mol. The highest BCUT2D eigenvalue weighted by Gasteiger charge is 2.19. The van der Waals surface area contributed by atoms with Crippen molar-refractivity contribution in [1.82, 2.24) is 9.55 Å². The molecule has 0 aliphatic rings. The fourth-order valence-corrected chi connectivity index (χ4v) is 3.40. The summed E-state index contributed by atoms with van der Waals surface area (Å²) in [5.74, 6) is -0.153. The third-order valence-corrected chi connectivity index (χ3v) is 4.86. The molecular weight excluding hydrogens is 352 g/mol. The van der Waals surface area contributed by atoms with Crippen LogP contribution in [0.3, 0.4) is 0 Å². The summed E-state index contributed by atoms with van der Waals surface area (Å²) >= 11 is 1.49. The lowest BCUT2D eigenvalue weighted by Gasteiger charge is -2.09. The van der Waals surface area contributed by atoms with Gasteiger partial charge in [-0.05, 0) is 25.1 Å². The zero-order chi connectivity index (χ0) is 18.5. The molecule has 6 nitrogen and oxygen atoms in total. The van der Waals surface area contributed by atoms with Gasteiger partial charge in [0.2, 0.25) is 0 Å².